The summed E-state index contributed by atoms with van der Waals surface area (Å²) in [6, 6.07) is 6.69. The van der Waals surface area contributed by atoms with Gasteiger partial charge in [0.05, 0.1) is 0 Å². The molecule has 3 rings (SSSR count). The van der Waals surface area contributed by atoms with Gasteiger partial charge in [0.15, 0.2) is 0 Å². The molecule has 2 aliphatic rings. The predicted octanol–water partition coefficient (Wildman–Crippen LogP) is 1.82. The maximum absolute atomic E-state index is 6.46. The Morgan fingerprint density at radius 2 is 2.00 bits per heavy atom. The van der Waals surface area contributed by atoms with Crippen molar-refractivity contribution in [3.63, 3.8) is 0 Å². The van der Waals surface area contributed by atoms with Crippen LogP contribution in [0.2, 0.25) is 5.02 Å². The van der Waals surface area contributed by atoms with Crippen LogP contribution in [0.25, 0.3) is 0 Å². The van der Waals surface area contributed by atoms with Crippen LogP contribution in [-0.4, -0.2) is 62.7 Å². The summed E-state index contributed by atoms with van der Waals surface area (Å²) in [5, 5.41) is 4.35. The predicted molar refractivity (Wildman–Crippen MR) is 84.7 cm³/mol. The number of benzene rings is 1. The van der Waals surface area contributed by atoms with Crippen molar-refractivity contribution in [2.45, 2.75) is 12.3 Å². The lowest BCUT2D eigenvalue weighted by Crippen LogP contribution is -2.44. The van der Waals surface area contributed by atoms with E-state index in [2.05, 4.69) is 40.4 Å². The molecule has 0 aliphatic carbocycles. The first kappa shape index (κ1) is 14.3. The largest absolute Gasteiger partial charge is 0.314 e. The van der Waals surface area contributed by atoms with Gasteiger partial charge in [0.1, 0.15) is 0 Å². The standard InChI is InChI=1S/C16H24ClN3/c1-19-11-14(12-19)15-3-2-13(10-16(15)17)4-7-20-8-5-18-6-9-20/h2-3,10,14,18H,4-9,11-12H2,1H3. The quantitative estimate of drug-likeness (QED) is 0.913. The first-order valence-electron chi connectivity index (χ1n) is 7.62. The molecule has 2 heterocycles. The van der Waals surface area contributed by atoms with E-state index in [4.69, 9.17) is 11.6 Å². The maximum atomic E-state index is 6.46. The van der Waals surface area contributed by atoms with Gasteiger partial charge in [-0.05, 0) is 30.7 Å². The van der Waals surface area contributed by atoms with Crippen LogP contribution >= 0.6 is 11.6 Å². The summed E-state index contributed by atoms with van der Waals surface area (Å²) < 4.78 is 0. The first-order chi connectivity index (χ1) is 9.72. The van der Waals surface area contributed by atoms with Crippen molar-refractivity contribution in [2.24, 2.45) is 0 Å². The number of halogens is 1. The van der Waals surface area contributed by atoms with Crippen LogP contribution in [0.1, 0.15) is 17.0 Å². The van der Waals surface area contributed by atoms with E-state index in [1.807, 2.05) is 0 Å². The molecule has 20 heavy (non-hydrogen) atoms. The lowest BCUT2D eigenvalue weighted by Gasteiger charge is -2.37. The third-order valence-electron chi connectivity index (χ3n) is 4.50. The highest BCUT2D eigenvalue weighted by Gasteiger charge is 2.26. The molecule has 0 saturated carbocycles. The number of rotatable bonds is 4. The molecule has 0 bridgehead atoms. The second-order valence-electron chi connectivity index (χ2n) is 6.12. The molecule has 2 fully saturated rings. The molecule has 2 saturated heterocycles. The first-order valence-corrected chi connectivity index (χ1v) is 8.00. The average molecular weight is 294 g/mol. The maximum Gasteiger partial charge on any atom is 0.0444 e. The van der Waals surface area contributed by atoms with Crippen molar-refractivity contribution >= 4 is 11.6 Å². The van der Waals surface area contributed by atoms with Gasteiger partial charge < -0.3 is 15.1 Å². The van der Waals surface area contributed by atoms with Crippen LogP contribution in [0, 0.1) is 0 Å². The fourth-order valence-electron chi connectivity index (χ4n) is 3.17. The van der Waals surface area contributed by atoms with Gasteiger partial charge in [-0.25, -0.2) is 0 Å². The molecule has 0 spiro atoms. The van der Waals surface area contributed by atoms with Gasteiger partial charge in [-0.15, -0.1) is 0 Å². The Kier molecular flexibility index (Phi) is 4.61. The topological polar surface area (TPSA) is 18.5 Å². The Balaban J connectivity index is 1.56. The van der Waals surface area contributed by atoms with Crippen molar-refractivity contribution in [3.05, 3.63) is 34.3 Å². The van der Waals surface area contributed by atoms with Crippen LogP contribution in [0.4, 0.5) is 0 Å². The summed E-state index contributed by atoms with van der Waals surface area (Å²) in [5.41, 5.74) is 2.70. The zero-order valence-corrected chi connectivity index (χ0v) is 13.0. The SMILES string of the molecule is CN1CC(c2ccc(CCN3CCNCC3)cc2Cl)C1. The van der Waals surface area contributed by atoms with Gasteiger partial charge in [-0.1, -0.05) is 23.7 Å². The second-order valence-corrected chi connectivity index (χ2v) is 6.52. The number of likely N-dealkylation sites (tertiary alicyclic amines) is 1. The van der Waals surface area contributed by atoms with Gasteiger partial charge in [-0.3, -0.25) is 0 Å². The molecule has 110 valence electrons. The van der Waals surface area contributed by atoms with Crippen molar-refractivity contribution in [3.8, 4) is 0 Å². The van der Waals surface area contributed by atoms with Crippen molar-refractivity contribution in [1.29, 1.82) is 0 Å². The van der Waals surface area contributed by atoms with E-state index in [9.17, 15) is 0 Å². The van der Waals surface area contributed by atoms with Gasteiger partial charge in [0, 0.05) is 56.8 Å². The number of hydrogen-bond acceptors (Lipinski definition) is 3. The molecule has 1 aromatic rings. The van der Waals surface area contributed by atoms with E-state index in [1.165, 1.54) is 24.2 Å². The molecule has 3 nitrogen and oxygen atoms in total. The van der Waals surface area contributed by atoms with Crippen LogP contribution in [0.3, 0.4) is 0 Å². The third-order valence-corrected chi connectivity index (χ3v) is 4.82. The Bertz CT molecular complexity index is 451. The molecule has 0 atom stereocenters. The van der Waals surface area contributed by atoms with Crippen LogP contribution < -0.4 is 5.32 Å². The monoisotopic (exact) mass is 293 g/mol. The van der Waals surface area contributed by atoms with Crippen molar-refractivity contribution in [1.82, 2.24) is 15.1 Å². The van der Waals surface area contributed by atoms with Gasteiger partial charge >= 0.3 is 0 Å². The van der Waals surface area contributed by atoms with E-state index in [0.717, 1.165) is 44.2 Å². The van der Waals surface area contributed by atoms with Crippen LogP contribution in [-0.2, 0) is 6.42 Å². The highest BCUT2D eigenvalue weighted by molar-refractivity contribution is 6.31. The fraction of sp³-hybridized carbons (Fsp3) is 0.625. The van der Waals surface area contributed by atoms with E-state index in [-0.39, 0.29) is 0 Å². The molecular formula is C16H24ClN3. The van der Waals surface area contributed by atoms with Crippen molar-refractivity contribution in [2.75, 3.05) is 52.9 Å². The Morgan fingerprint density at radius 3 is 2.65 bits per heavy atom. The third kappa shape index (κ3) is 3.34. The molecule has 2 aliphatic heterocycles. The van der Waals surface area contributed by atoms with E-state index in [1.54, 1.807) is 0 Å². The zero-order valence-electron chi connectivity index (χ0n) is 12.2. The summed E-state index contributed by atoms with van der Waals surface area (Å²) in [7, 11) is 2.16. The van der Waals surface area contributed by atoms with Gasteiger partial charge in [0.2, 0.25) is 0 Å². The number of nitrogens with one attached hydrogen (secondary N) is 1. The summed E-state index contributed by atoms with van der Waals surface area (Å²) in [5.74, 6) is 0.634. The molecular weight excluding hydrogens is 270 g/mol. The van der Waals surface area contributed by atoms with Crippen LogP contribution in [0.5, 0.6) is 0 Å². The average Bonchev–Trinajstić information content (AvgIpc) is 2.44. The van der Waals surface area contributed by atoms with E-state index < -0.39 is 0 Å². The lowest BCUT2D eigenvalue weighted by atomic mass is 9.91. The smallest absolute Gasteiger partial charge is 0.0444 e. The summed E-state index contributed by atoms with van der Waals surface area (Å²) in [6.45, 7) is 7.99. The summed E-state index contributed by atoms with van der Waals surface area (Å²) >= 11 is 6.46. The Labute approximate surface area is 126 Å². The second kappa shape index (κ2) is 6.44. The fourth-order valence-corrected chi connectivity index (χ4v) is 3.53. The highest BCUT2D eigenvalue weighted by atomic mass is 35.5. The van der Waals surface area contributed by atoms with Gasteiger partial charge in [-0.2, -0.15) is 0 Å². The summed E-state index contributed by atoms with van der Waals surface area (Å²) in [6.07, 6.45) is 1.10. The number of nitrogens with zero attached hydrogens (tertiary/aromatic N) is 2. The van der Waals surface area contributed by atoms with Crippen molar-refractivity contribution < 1.29 is 0 Å². The lowest BCUT2D eigenvalue weighted by molar-refractivity contribution is 0.190. The molecule has 0 aromatic heterocycles. The number of likely N-dealkylation sites (N-methyl/N-ethyl adjacent to an activating group) is 1. The minimum Gasteiger partial charge on any atom is -0.314 e. The normalized spacial score (nSPS) is 21.9. The molecule has 4 heteroatoms. The Hall–Kier alpha value is -0.610. The van der Waals surface area contributed by atoms with E-state index >= 15 is 0 Å². The van der Waals surface area contributed by atoms with Gasteiger partial charge in [0.25, 0.3) is 0 Å². The Morgan fingerprint density at radius 1 is 1.25 bits per heavy atom. The molecule has 1 N–H and O–H groups in total. The van der Waals surface area contributed by atoms with Crippen LogP contribution in [0.15, 0.2) is 18.2 Å². The molecule has 1 aromatic carbocycles. The molecule has 0 radical (unpaired) electrons. The summed E-state index contributed by atoms with van der Waals surface area (Å²) in [4.78, 5) is 4.86. The minimum absolute atomic E-state index is 0.634. The number of piperazine rings is 1. The number of hydrogen-bond donors (Lipinski definition) is 1. The zero-order chi connectivity index (χ0) is 13.9. The highest BCUT2D eigenvalue weighted by Crippen LogP contribution is 2.31. The minimum atomic E-state index is 0.634. The van der Waals surface area contributed by atoms with E-state index in [0.29, 0.717) is 5.92 Å². The molecule has 0 amide bonds. The molecule has 0 unspecified atom stereocenters.